The number of aliphatic hydroxyl groups excluding tert-OH is 1. The van der Waals surface area contributed by atoms with Gasteiger partial charge in [-0.1, -0.05) is 37.1 Å². The first-order valence-electron chi connectivity index (χ1n) is 6.31. The number of amides is 1. The van der Waals surface area contributed by atoms with Crippen LogP contribution in [0.25, 0.3) is 0 Å². The Balaban J connectivity index is 2.55. The van der Waals surface area contributed by atoms with E-state index in [9.17, 15) is 9.90 Å². The molecule has 0 spiro atoms. The number of hydrogen-bond donors (Lipinski definition) is 2. The van der Waals surface area contributed by atoms with Gasteiger partial charge in [-0.25, -0.2) is 5.43 Å². The summed E-state index contributed by atoms with van der Waals surface area (Å²) in [5, 5.41) is 14.4. The summed E-state index contributed by atoms with van der Waals surface area (Å²) in [7, 11) is 0. The number of hydrazone groups is 1. The van der Waals surface area contributed by atoms with Crippen molar-refractivity contribution in [1.29, 1.82) is 0 Å². The van der Waals surface area contributed by atoms with E-state index in [0.29, 0.717) is 10.6 Å². The maximum atomic E-state index is 11.7. The Bertz CT molecular complexity index is 443. The number of unbranched alkanes of at least 4 members (excludes halogenated alkanes) is 1. The topological polar surface area (TPSA) is 61.7 Å². The molecule has 1 rings (SSSR count). The highest BCUT2D eigenvalue weighted by Gasteiger charge is 2.16. The van der Waals surface area contributed by atoms with Gasteiger partial charge in [0.05, 0.1) is 0 Å². The zero-order chi connectivity index (χ0) is 14.3. The second-order valence-corrected chi connectivity index (χ2v) is 4.82. The second kappa shape index (κ2) is 7.92. The molecule has 5 heteroatoms. The second-order valence-electron chi connectivity index (χ2n) is 4.38. The van der Waals surface area contributed by atoms with E-state index < -0.39 is 12.0 Å². The zero-order valence-electron chi connectivity index (χ0n) is 11.2. The molecule has 0 heterocycles. The van der Waals surface area contributed by atoms with E-state index in [-0.39, 0.29) is 0 Å². The summed E-state index contributed by atoms with van der Waals surface area (Å²) in [5.41, 5.74) is 3.71. The highest BCUT2D eigenvalue weighted by Crippen LogP contribution is 2.16. The fourth-order valence-corrected chi connectivity index (χ4v) is 1.62. The van der Waals surface area contributed by atoms with Crippen LogP contribution < -0.4 is 5.43 Å². The lowest BCUT2D eigenvalue weighted by Gasteiger charge is -2.09. The normalized spacial score (nSPS) is 13.2. The summed E-state index contributed by atoms with van der Waals surface area (Å²) in [4.78, 5) is 11.7. The average Bonchev–Trinajstić information content (AvgIpc) is 2.42. The quantitative estimate of drug-likeness (QED) is 0.622. The molecule has 19 heavy (non-hydrogen) atoms. The summed E-state index contributed by atoms with van der Waals surface area (Å²) >= 11 is 5.74. The van der Waals surface area contributed by atoms with Gasteiger partial charge in [0.1, 0.15) is 0 Å². The third kappa shape index (κ3) is 5.41. The molecule has 0 aromatic heterocycles. The van der Waals surface area contributed by atoms with Crippen molar-refractivity contribution in [3.63, 3.8) is 0 Å². The van der Waals surface area contributed by atoms with E-state index in [1.165, 1.54) is 0 Å². The Morgan fingerprint density at radius 3 is 2.63 bits per heavy atom. The van der Waals surface area contributed by atoms with Gasteiger partial charge in [-0.2, -0.15) is 5.10 Å². The molecule has 2 N–H and O–H groups in total. The van der Waals surface area contributed by atoms with Crippen LogP contribution in [0.5, 0.6) is 0 Å². The molecule has 0 aliphatic heterocycles. The van der Waals surface area contributed by atoms with Crippen molar-refractivity contribution < 1.29 is 9.90 Å². The van der Waals surface area contributed by atoms with Crippen LogP contribution in [0.15, 0.2) is 29.4 Å². The van der Waals surface area contributed by atoms with Crippen molar-refractivity contribution in [3.05, 3.63) is 34.9 Å². The van der Waals surface area contributed by atoms with Crippen LogP contribution in [-0.2, 0) is 4.79 Å². The number of nitrogens with one attached hydrogen (secondary N) is 1. The SMILES string of the molecule is CCCC/C(C)=N/NC(=O)[C@H](O)c1ccc(Cl)cc1. The average molecular weight is 283 g/mol. The number of nitrogens with zero attached hydrogens (tertiary/aromatic N) is 1. The fraction of sp³-hybridized carbons (Fsp3) is 0.429. The first kappa shape index (κ1) is 15.7. The molecule has 1 amide bonds. The molecule has 0 bridgehead atoms. The molecular formula is C14H19ClN2O2. The van der Waals surface area contributed by atoms with Crippen LogP contribution in [0.1, 0.15) is 44.8 Å². The van der Waals surface area contributed by atoms with Crippen molar-refractivity contribution in [2.24, 2.45) is 5.10 Å². The van der Waals surface area contributed by atoms with Gasteiger partial charge in [0, 0.05) is 10.7 Å². The molecule has 0 saturated heterocycles. The van der Waals surface area contributed by atoms with Crippen LogP contribution >= 0.6 is 11.6 Å². The molecule has 0 aliphatic rings. The minimum Gasteiger partial charge on any atom is -0.378 e. The van der Waals surface area contributed by atoms with Crippen molar-refractivity contribution in [2.75, 3.05) is 0 Å². The van der Waals surface area contributed by atoms with Gasteiger partial charge in [0.2, 0.25) is 0 Å². The minimum absolute atomic E-state index is 0.489. The Kier molecular flexibility index (Phi) is 6.53. The molecule has 0 radical (unpaired) electrons. The first-order chi connectivity index (χ1) is 9.04. The molecule has 104 valence electrons. The van der Waals surface area contributed by atoms with Gasteiger partial charge in [0.25, 0.3) is 5.91 Å². The molecule has 1 aromatic rings. The third-order valence-electron chi connectivity index (χ3n) is 2.68. The smallest absolute Gasteiger partial charge is 0.273 e. The van der Waals surface area contributed by atoms with Crippen LogP contribution in [0.3, 0.4) is 0 Å². The van der Waals surface area contributed by atoms with E-state index >= 15 is 0 Å². The molecule has 0 saturated carbocycles. The zero-order valence-corrected chi connectivity index (χ0v) is 11.9. The summed E-state index contributed by atoms with van der Waals surface area (Å²) < 4.78 is 0. The molecule has 0 fully saturated rings. The lowest BCUT2D eigenvalue weighted by Crippen LogP contribution is -2.26. The number of carbonyl (C=O) groups is 1. The molecule has 1 atom stereocenters. The van der Waals surface area contributed by atoms with Crippen LogP contribution in [-0.4, -0.2) is 16.7 Å². The lowest BCUT2D eigenvalue weighted by molar-refractivity contribution is -0.129. The Hall–Kier alpha value is -1.39. The van der Waals surface area contributed by atoms with Gasteiger partial charge in [-0.15, -0.1) is 0 Å². The Morgan fingerprint density at radius 1 is 1.42 bits per heavy atom. The van der Waals surface area contributed by atoms with Gasteiger partial charge in [-0.05, 0) is 37.5 Å². The van der Waals surface area contributed by atoms with Crippen molar-refractivity contribution >= 4 is 23.2 Å². The van der Waals surface area contributed by atoms with Gasteiger partial charge < -0.3 is 5.11 Å². The Labute approximate surface area is 118 Å². The largest absolute Gasteiger partial charge is 0.378 e. The third-order valence-corrected chi connectivity index (χ3v) is 2.94. The number of carbonyl (C=O) groups excluding carboxylic acids is 1. The van der Waals surface area contributed by atoms with E-state index in [0.717, 1.165) is 25.0 Å². The molecule has 4 nitrogen and oxygen atoms in total. The number of aliphatic hydroxyl groups is 1. The van der Waals surface area contributed by atoms with Crippen molar-refractivity contribution in [2.45, 2.75) is 39.2 Å². The number of rotatable bonds is 6. The summed E-state index contributed by atoms with van der Waals surface area (Å²) in [6, 6.07) is 6.48. The number of hydrogen-bond acceptors (Lipinski definition) is 3. The van der Waals surface area contributed by atoms with E-state index in [4.69, 9.17) is 11.6 Å². The molecule has 1 aromatic carbocycles. The fourth-order valence-electron chi connectivity index (χ4n) is 1.50. The maximum Gasteiger partial charge on any atom is 0.273 e. The first-order valence-corrected chi connectivity index (χ1v) is 6.69. The predicted molar refractivity (Wildman–Crippen MR) is 77.2 cm³/mol. The Morgan fingerprint density at radius 2 is 2.05 bits per heavy atom. The standard InChI is InChI=1S/C14H19ClN2O2/c1-3-4-5-10(2)16-17-14(19)13(18)11-6-8-12(15)9-7-11/h6-9,13,18H,3-5H2,1-2H3,(H,17,19)/b16-10+/t13-/m1/s1. The minimum atomic E-state index is -1.24. The summed E-state index contributed by atoms with van der Waals surface area (Å²) in [6.45, 7) is 3.95. The molecule has 0 aliphatic carbocycles. The predicted octanol–water partition coefficient (Wildman–Crippen LogP) is 3.06. The highest BCUT2D eigenvalue weighted by molar-refractivity contribution is 6.30. The van der Waals surface area contributed by atoms with E-state index in [2.05, 4.69) is 17.5 Å². The number of halogens is 1. The molecular weight excluding hydrogens is 264 g/mol. The van der Waals surface area contributed by atoms with Gasteiger partial charge in [0.15, 0.2) is 6.10 Å². The van der Waals surface area contributed by atoms with Gasteiger partial charge >= 0.3 is 0 Å². The summed E-state index contributed by atoms with van der Waals surface area (Å²) in [5.74, 6) is -0.543. The van der Waals surface area contributed by atoms with Gasteiger partial charge in [-0.3, -0.25) is 4.79 Å². The van der Waals surface area contributed by atoms with E-state index in [1.807, 2.05) is 6.92 Å². The maximum absolute atomic E-state index is 11.7. The van der Waals surface area contributed by atoms with E-state index in [1.54, 1.807) is 24.3 Å². The van der Waals surface area contributed by atoms with Crippen LogP contribution in [0.2, 0.25) is 5.02 Å². The van der Waals surface area contributed by atoms with Crippen molar-refractivity contribution in [3.8, 4) is 0 Å². The van der Waals surface area contributed by atoms with Crippen LogP contribution in [0, 0.1) is 0 Å². The highest BCUT2D eigenvalue weighted by atomic mass is 35.5. The lowest BCUT2D eigenvalue weighted by atomic mass is 10.1. The van der Waals surface area contributed by atoms with Crippen LogP contribution in [0.4, 0.5) is 0 Å². The number of benzene rings is 1. The monoisotopic (exact) mass is 282 g/mol. The molecule has 0 unspecified atom stereocenters. The van der Waals surface area contributed by atoms with Crippen molar-refractivity contribution in [1.82, 2.24) is 5.43 Å². The summed E-state index contributed by atoms with van der Waals surface area (Å²) in [6.07, 6.45) is 1.72.